The third kappa shape index (κ3) is 2.73. The topological polar surface area (TPSA) is 49.9 Å². The van der Waals surface area contributed by atoms with E-state index >= 15 is 0 Å². The smallest absolute Gasteiger partial charge is 0.414 e. The summed E-state index contributed by atoms with van der Waals surface area (Å²) in [4.78, 5) is 27.1. The number of aryl methyl sites for hydroxylation is 2. The van der Waals surface area contributed by atoms with Gasteiger partial charge in [-0.3, -0.25) is 9.69 Å². The molecular formula is C16H22N2O3. The number of anilines is 2. The first-order valence-electron chi connectivity index (χ1n) is 7.32. The van der Waals surface area contributed by atoms with Crippen molar-refractivity contribution in [2.24, 2.45) is 0 Å². The maximum Gasteiger partial charge on any atom is 0.414 e. The maximum absolute atomic E-state index is 12.3. The molecule has 1 heterocycles. The van der Waals surface area contributed by atoms with Crippen LogP contribution in [0.2, 0.25) is 0 Å². The van der Waals surface area contributed by atoms with Gasteiger partial charge in [-0.1, -0.05) is 6.92 Å². The van der Waals surface area contributed by atoms with Crippen molar-refractivity contribution in [3.63, 3.8) is 0 Å². The van der Waals surface area contributed by atoms with Crippen molar-refractivity contribution >= 4 is 23.9 Å². The molecule has 1 aliphatic heterocycles. The van der Waals surface area contributed by atoms with Crippen LogP contribution < -0.4 is 9.80 Å². The van der Waals surface area contributed by atoms with Crippen LogP contribution in [0.4, 0.5) is 16.2 Å². The normalized spacial score (nSPS) is 17.4. The van der Waals surface area contributed by atoms with Gasteiger partial charge < -0.3 is 9.64 Å². The van der Waals surface area contributed by atoms with Crippen LogP contribution in [0.1, 0.15) is 31.4 Å². The van der Waals surface area contributed by atoms with Crippen molar-refractivity contribution in [2.75, 3.05) is 23.0 Å². The van der Waals surface area contributed by atoms with E-state index in [9.17, 15) is 9.59 Å². The van der Waals surface area contributed by atoms with E-state index in [4.69, 9.17) is 4.74 Å². The summed E-state index contributed by atoms with van der Waals surface area (Å²) in [6.07, 6.45) is 1.24. The van der Waals surface area contributed by atoms with Crippen LogP contribution in [0.3, 0.4) is 0 Å². The number of carbonyl (C=O) groups is 2. The predicted octanol–water partition coefficient (Wildman–Crippen LogP) is 3.02. The van der Waals surface area contributed by atoms with Gasteiger partial charge >= 0.3 is 6.09 Å². The Balaban J connectivity index is 2.56. The van der Waals surface area contributed by atoms with E-state index in [0.29, 0.717) is 13.2 Å². The average Bonchev–Trinajstić information content (AvgIpc) is 2.47. The second-order valence-electron chi connectivity index (χ2n) is 5.31. The zero-order valence-electron chi connectivity index (χ0n) is 13.0. The number of rotatable bonds is 3. The highest BCUT2D eigenvalue weighted by Gasteiger charge is 2.34. The van der Waals surface area contributed by atoms with E-state index in [1.807, 2.05) is 32.9 Å². The Morgan fingerprint density at radius 1 is 1.29 bits per heavy atom. The molecule has 1 atom stereocenters. The van der Waals surface area contributed by atoms with Gasteiger partial charge in [0.25, 0.3) is 0 Å². The van der Waals surface area contributed by atoms with Crippen LogP contribution in [-0.4, -0.2) is 31.7 Å². The first kappa shape index (κ1) is 15.4. The van der Waals surface area contributed by atoms with Crippen LogP contribution in [-0.2, 0) is 9.53 Å². The van der Waals surface area contributed by atoms with Gasteiger partial charge in [0.1, 0.15) is 0 Å². The number of amides is 2. The Hall–Kier alpha value is -2.04. The summed E-state index contributed by atoms with van der Waals surface area (Å²) in [5.74, 6) is 0. The Labute approximate surface area is 125 Å². The highest BCUT2D eigenvalue weighted by Crippen LogP contribution is 2.38. The van der Waals surface area contributed by atoms with Crippen LogP contribution in [0.15, 0.2) is 12.1 Å². The van der Waals surface area contributed by atoms with Crippen molar-refractivity contribution in [2.45, 2.75) is 40.2 Å². The number of benzene rings is 1. The molecule has 2 rings (SSSR count). The standard InChI is InChI=1S/C16H22N2O3/c1-5-13-9-17(10-19)14-7-11(3)12(4)8-15(14)18(13)16(20)21-6-2/h7-8,10,13H,5-6,9H2,1-4H3. The lowest BCUT2D eigenvalue weighted by atomic mass is 10.0. The van der Waals surface area contributed by atoms with Gasteiger partial charge in [0.05, 0.1) is 24.0 Å². The van der Waals surface area contributed by atoms with Gasteiger partial charge in [-0.05, 0) is 50.5 Å². The molecule has 1 aromatic rings. The Morgan fingerprint density at radius 3 is 2.43 bits per heavy atom. The number of hydrogen-bond donors (Lipinski definition) is 0. The summed E-state index contributed by atoms with van der Waals surface area (Å²) in [5, 5.41) is 0. The average molecular weight is 290 g/mol. The molecule has 1 aliphatic rings. The van der Waals surface area contributed by atoms with Crippen molar-refractivity contribution in [3.8, 4) is 0 Å². The summed E-state index contributed by atoms with van der Waals surface area (Å²) in [6.45, 7) is 8.63. The molecule has 5 heteroatoms. The van der Waals surface area contributed by atoms with E-state index in [2.05, 4.69) is 0 Å². The molecule has 0 radical (unpaired) electrons. The fourth-order valence-corrected chi connectivity index (χ4v) is 2.66. The second-order valence-corrected chi connectivity index (χ2v) is 5.31. The van der Waals surface area contributed by atoms with Gasteiger partial charge in [0.2, 0.25) is 6.41 Å². The Kier molecular flexibility index (Phi) is 4.50. The predicted molar refractivity (Wildman–Crippen MR) is 82.9 cm³/mol. The quantitative estimate of drug-likeness (QED) is 0.804. The molecular weight excluding hydrogens is 268 g/mol. The molecule has 114 valence electrons. The van der Waals surface area contributed by atoms with Crippen molar-refractivity contribution in [1.29, 1.82) is 0 Å². The van der Waals surface area contributed by atoms with Gasteiger partial charge in [0.15, 0.2) is 0 Å². The zero-order chi connectivity index (χ0) is 15.6. The third-order valence-corrected chi connectivity index (χ3v) is 4.00. The lowest BCUT2D eigenvalue weighted by molar-refractivity contribution is -0.107. The van der Waals surface area contributed by atoms with Crippen LogP contribution in [0.5, 0.6) is 0 Å². The lowest BCUT2D eigenvalue weighted by Crippen LogP contribution is -2.51. The Morgan fingerprint density at radius 2 is 1.90 bits per heavy atom. The molecule has 21 heavy (non-hydrogen) atoms. The molecule has 0 spiro atoms. The molecule has 0 aliphatic carbocycles. The highest BCUT2D eigenvalue weighted by atomic mass is 16.6. The molecule has 1 unspecified atom stereocenters. The van der Waals surface area contributed by atoms with Crippen molar-refractivity contribution in [1.82, 2.24) is 0 Å². The summed E-state index contributed by atoms with van der Waals surface area (Å²) in [7, 11) is 0. The minimum Gasteiger partial charge on any atom is -0.449 e. The third-order valence-electron chi connectivity index (χ3n) is 4.00. The summed E-state index contributed by atoms with van der Waals surface area (Å²) < 4.78 is 5.19. The molecule has 0 fully saturated rings. The number of hydrogen-bond acceptors (Lipinski definition) is 3. The first-order chi connectivity index (χ1) is 10.0. The zero-order valence-corrected chi connectivity index (χ0v) is 13.0. The van der Waals surface area contributed by atoms with E-state index in [1.165, 1.54) is 0 Å². The molecule has 0 saturated carbocycles. The molecule has 0 bridgehead atoms. The van der Waals surface area contributed by atoms with Gasteiger partial charge in [-0.2, -0.15) is 0 Å². The van der Waals surface area contributed by atoms with E-state index in [0.717, 1.165) is 35.3 Å². The summed E-state index contributed by atoms with van der Waals surface area (Å²) in [6, 6.07) is 3.85. The number of ether oxygens (including phenoxy) is 1. The molecule has 0 aromatic heterocycles. The number of carbonyl (C=O) groups excluding carboxylic acids is 2. The monoisotopic (exact) mass is 290 g/mol. The van der Waals surface area contributed by atoms with Crippen LogP contribution in [0.25, 0.3) is 0 Å². The van der Waals surface area contributed by atoms with Crippen LogP contribution in [0, 0.1) is 13.8 Å². The van der Waals surface area contributed by atoms with Gasteiger partial charge in [-0.15, -0.1) is 0 Å². The SMILES string of the molecule is CCOC(=O)N1c2cc(C)c(C)cc2N(C=O)CC1CC. The maximum atomic E-state index is 12.3. The van der Waals surface area contributed by atoms with Crippen molar-refractivity contribution in [3.05, 3.63) is 23.3 Å². The van der Waals surface area contributed by atoms with Crippen LogP contribution >= 0.6 is 0 Å². The highest BCUT2D eigenvalue weighted by molar-refractivity contribution is 5.98. The van der Waals surface area contributed by atoms with E-state index in [-0.39, 0.29) is 12.1 Å². The van der Waals surface area contributed by atoms with E-state index < -0.39 is 0 Å². The molecule has 2 amide bonds. The lowest BCUT2D eigenvalue weighted by Gasteiger charge is -2.40. The Bertz CT molecular complexity index is 557. The van der Waals surface area contributed by atoms with Gasteiger partial charge in [-0.25, -0.2) is 4.79 Å². The summed E-state index contributed by atoms with van der Waals surface area (Å²) >= 11 is 0. The number of nitrogens with zero attached hydrogens (tertiary/aromatic N) is 2. The molecule has 0 saturated heterocycles. The first-order valence-corrected chi connectivity index (χ1v) is 7.32. The summed E-state index contributed by atoms with van der Waals surface area (Å²) in [5.41, 5.74) is 3.71. The molecule has 5 nitrogen and oxygen atoms in total. The van der Waals surface area contributed by atoms with E-state index in [1.54, 1.807) is 16.7 Å². The minimum atomic E-state index is -0.348. The fraction of sp³-hybridized carbons (Fsp3) is 0.500. The van der Waals surface area contributed by atoms with Crippen molar-refractivity contribution < 1.29 is 14.3 Å². The minimum absolute atomic E-state index is 0.0659. The largest absolute Gasteiger partial charge is 0.449 e. The molecule has 0 N–H and O–H groups in total. The molecule has 1 aromatic carbocycles. The fourth-order valence-electron chi connectivity index (χ4n) is 2.66. The van der Waals surface area contributed by atoms with Gasteiger partial charge in [0, 0.05) is 6.54 Å². The number of fused-ring (bicyclic) bond motifs is 1. The second kappa shape index (κ2) is 6.16.